The number of ether oxygens (including phenoxy) is 1. The molecule has 88 valence electrons. The summed E-state index contributed by atoms with van der Waals surface area (Å²) in [7, 11) is 0. The van der Waals surface area contributed by atoms with Gasteiger partial charge < -0.3 is 10.1 Å². The molecule has 0 saturated carbocycles. The van der Waals surface area contributed by atoms with Gasteiger partial charge in [0, 0.05) is 24.8 Å². The third-order valence-electron chi connectivity index (χ3n) is 2.89. The summed E-state index contributed by atoms with van der Waals surface area (Å²) in [4.78, 5) is 0. The summed E-state index contributed by atoms with van der Waals surface area (Å²) < 4.78 is 7.57. The number of nitrogens with zero attached hydrogens (tertiary/aromatic N) is 2. The SMILES string of the molecule is c1ccc(-n2cc(COC3CNC3)cn2)cc1. The van der Waals surface area contributed by atoms with Gasteiger partial charge in [0.05, 0.1) is 24.6 Å². The molecule has 0 unspecified atom stereocenters. The van der Waals surface area contributed by atoms with Gasteiger partial charge in [0.1, 0.15) is 0 Å². The first kappa shape index (κ1) is 10.5. The van der Waals surface area contributed by atoms with E-state index < -0.39 is 0 Å². The topological polar surface area (TPSA) is 39.1 Å². The maximum Gasteiger partial charge on any atom is 0.0828 e. The van der Waals surface area contributed by atoms with Gasteiger partial charge in [-0.1, -0.05) is 18.2 Å². The predicted octanol–water partition coefficient (Wildman–Crippen LogP) is 1.36. The van der Waals surface area contributed by atoms with E-state index >= 15 is 0 Å². The summed E-state index contributed by atoms with van der Waals surface area (Å²) >= 11 is 0. The first-order valence-corrected chi connectivity index (χ1v) is 5.83. The minimum absolute atomic E-state index is 0.370. The van der Waals surface area contributed by atoms with Gasteiger partial charge >= 0.3 is 0 Å². The number of hydrogen-bond acceptors (Lipinski definition) is 3. The van der Waals surface area contributed by atoms with Crippen LogP contribution in [0.15, 0.2) is 42.7 Å². The first-order chi connectivity index (χ1) is 8.42. The van der Waals surface area contributed by atoms with Gasteiger partial charge in [-0.15, -0.1) is 0 Å². The van der Waals surface area contributed by atoms with E-state index in [2.05, 4.69) is 10.4 Å². The molecule has 2 heterocycles. The van der Waals surface area contributed by atoms with E-state index in [9.17, 15) is 0 Å². The van der Waals surface area contributed by atoms with Crippen LogP contribution in [0, 0.1) is 0 Å². The van der Waals surface area contributed by atoms with Crippen molar-refractivity contribution in [2.45, 2.75) is 12.7 Å². The molecule has 1 N–H and O–H groups in total. The second-order valence-corrected chi connectivity index (χ2v) is 4.22. The van der Waals surface area contributed by atoms with Crippen molar-refractivity contribution < 1.29 is 4.74 Å². The summed E-state index contributed by atoms with van der Waals surface area (Å²) in [6, 6.07) is 10.1. The van der Waals surface area contributed by atoms with Gasteiger partial charge in [0.2, 0.25) is 0 Å². The fourth-order valence-corrected chi connectivity index (χ4v) is 1.75. The Morgan fingerprint density at radius 1 is 1.29 bits per heavy atom. The van der Waals surface area contributed by atoms with Crippen LogP contribution in [0.25, 0.3) is 5.69 Å². The number of rotatable bonds is 4. The Morgan fingerprint density at radius 3 is 2.82 bits per heavy atom. The Kier molecular flexibility index (Phi) is 2.90. The number of nitrogens with one attached hydrogen (secondary N) is 1. The van der Waals surface area contributed by atoms with Crippen LogP contribution in [-0.2, 0) is 11.3 Å². The van der Waals surface area contributed by atoms with Gasteiger partial charge in [0.25, 0.3) is 0 Å². The number of benzene rings is 1. The Labute approximate surface area is 100 Å². The number of para-hydroxylation sites is 1. The van der Waals surface area contributed by atoms with Crippen LogP contribution >= 0.6 is 0 Å². The van der Waals surface area contributed by atoms with Crippen molar-refractivity contribution in [1.82, 2.24) is 15.1 Å². The highest BCUT2D eigenvalue weighted by Crippen LogP contribution is 2.10. The highest BCUT2D eigenvalue weighted by molar-refractivity contribution is 5.30. The lowest BCUT2D eigenvalue weighted by atomic mass is 10.2. The van der Waals surface area contributed by atoms with Crippen LogP contribution in [0.1, 0.15) is 5.56 Å². The third kappa shape index (κ3) is 2.38. The molecule has 1 aromatic carbocycles. The normalized spacial score (nSPS) is 15.8. The quantitative estimate of drug-likeness (QED) is 0.860. The van der Waals surface area contributed by atoms with E-state index in [-0.39, 0.29) is 0 Å². The molecule has 4 heteroatoms. The molecule has 1 fully saturated rings. The van der Waals surface area contributed by atoms with E-state index in [0.717, 1.165) is 24.3 Å². The van der Waals surface area contributed by atoms with E-state index in [1.54, 1.807) is 0 Å². The van der Waals surface area contributed by atoms with Crippen LogP contribution in [0.4, 0.5) is 0 Å². The zero-order chi connectivity index (χ0) is 11.5. The fraction of sp³-hybridized carbons (Fsp3) is 0.308. The van der Waals surface area contributed by atoms with E-state index in [0.29, 0.717) is 12.7 Å². The van der Waals surface area contributed by atoms with Gasteiger partial charge in [0.15, 0.2) is 0 Å². The Morgan fingerprint density at radius 2 is 2.12 bits per heavy atom. The average Bonchev–Trinajstić information content (AvgIpc) is 2.77. The van der Waals surface area contributed by atoms with Crippen molar-refractivity contribution in [3.05, 3.63) is 48.3 Å². The smallest absolute Gasteiger partial charge is 0.0828 e. The lowest BCUT2D eigenvalue weighted by Crippen LogP contribution is -2.48. The molecule has 0 atom stereocenters. The molecule has 2 aromatic rings. The molecule has 17 heavy (non-hydrogen) atoms. The molecule has 3 rings (SSSR count). The van der Waals surface area contributed by atoms with Gasteiger partial charge in [-0.25, -0.2) is 4.68 Å². The number of hydrogen-bond donors (Lipinski definition) is 1. The molecule has 0 spiro atoms. The summed E-state index contributed by atoms with van der Waals surface area (Å²) in [6.07, 6.45) is 4.25. The fourth-order valence-electron chi connectivity index (χ4n) is 1.75. The molecule has 4 nitrogen and oxygen atoms in total. The third-order valence-corrected chi connectivity index (χ3v) is 2.89. The molecule has 0 radical (unpaired) electrons. The van der Waals surface area contributed by atoms with Crippen molar-refractivity contribution in [1.29, 1.82) is 0 Å². The lowest BCUT2D eigenvalue weighted by molar-refractivity contribution is 0.00757. The van der Waals surface area contributed by atoms with Crippen molar-refractivity contribution >= 4 is 0 Å². The second-order valence-electron chi connectivity index (χ2n) is 4.22. The summed E-state index contributed by atoms with van der Waals surface area (Å²) in [5.74, 6) is 0. The molecule has 0 aliphatic carbocycles. The van der Waals surface area contributed by atoms with Crippen LogP contribution in [0.5, 0.6) is 0 Å². The van der Waals surface area contributed by atoms with E-state index in [4.69, 9.17) is 4.74 Å². The number of aromatic nitrogens is 2. The highest BCUT2D eigenvalue weighted by atomic mass is 16.5. The molecule has 1 aliphatic rings. The summed E-state index contributed by atoms with van der Waals surface area (Å²) in [5.41, 5.74) is 2.19. The summed E-state index contributed by atoms with van der Waals surface area (Å²) in [5, 5.41) is 7.51. The Bertz CT molecular complexity index is 476. The monoisotopic (exact) mass is 229 g/mol. The van der Waals surface area contributed by atoms with Gasteiger partial charge in [-0.2, -0.15) is 5.10 Å². The van der Waals surface area contributed by atoms with Gasteiger partial charge in [-0.05, 0) is 12.1 Å². The average molecular weight is 229 g/mol. The highest BCUT2D eigenvalue weighted by Gasteiger charge is 2.17. The van der Waals surface area contributed by atoms with Crippen LogP contribution in [0.3, 0.4) is 0 Å². The van der Waals surface area contributed by atoms with Crippen LogP contribution in [-0.4, -0.2) is 29.0 Å². The predicted molar refractivity (Wildman–Crippen MR) is 65.0 cm³/mol. The zero-order valence-corrected chi connectivity index (χ0v) is 9.54. The molecule has 1 aliphatic heterocycles. The van der Waals surface area contributed by atoms with Crippen molar-refractivity contribution in [3.8, 4) is 5.69 Å². The zero-order valence-electron chi connectivity index (χ0n) is 9.54. The summed E-state index contributed by atoms with van der Waals surface area (Å²) in [6.45, 7) is 2.57. The Hall–Kier alpha value is -1.65. The van der Waals surface area contributed by atoms with Crippen molar-refractivity contribution in [3.63, 3.8) is 0 Å². The molecule has 0 amide bonds. The lowest BCUT2D eigenvalue weighted by Gasteiger charge is -2.26. The maximum absolute atomic E-state index is 5.70. The minimum Gasteiger partial charge on any atom is -0.371 e. The van der Waals surface area contributed by atoms with E-state index in [1.807, 2.05) is 47.4 Å². The van der Waals surface area contributed by atoms with E-state index in [1.165, 1.54) is 0 Å². The Balaban J connectivity index is 1.65. The minimum atomic E-state index is 0.370. The molecule has 1 aromatic heterocycles. The van der Waals surface area contributed by atoms with Gasteiger partial charge in [-0.3, -0.25) is 0 Å². The molecule has 1 saturated heterocycles. The molecular formula is C13H15N3O. The van der Waals surface area contributed by atoms with Crippen molar-refractivity contribution in [2.75, 3.05) is 13.1 Å². The maximum atomic E-state index is 5.70. The standard InChI is InChI=1S/C13H15N3O/c1-2-4-12(5-3-1)16-9-11(6-15-16)10-17-13-7-14-8-13/h1-6,9,13-14H,7-8,10H2. The molecule has 0 bridgehead atoms. The van der Waals surface area contributed by atoms with Crippen LogP contribution < -0.4 is 5.32 Å². The van der Waals surface area contributed by atoms with Crippen LogP contribution in [0.2, 0.25) is 0 Å². The second kappa shape index (κ2) is 4.69. The first-order valence-electron chi connectivity index (χ1n) is 5.83. The largest absolute Gasteiger partial charge is 0.371 e. The van der Waals surface area contributed by atoms with Crippen molar-refractivity contribution in [2.24, 2.45) is 0 Å². The molecular weight excluding hydrogens is 214 g/mol.